The van der Waals surface area contributed by atoms with E-state index >= 15 is 0 Å². The Labute approximate surface area is 137 Å². The Morgan fingerprint density at radius 1 is 1.05 bits per heavy atom. The van der Waals surface area contributed by atoms with Crippen LogP contribution in [0.4, 0.5) is 0 Å². The second-order valence-electron chi connectivity index (χ2n) is 3.58. The van der Waals surface area contributed by atoms with Crippen LogP contribution in [0.15, 0.2) is 0 Å². The van der Waals surface area contributed by atoms with E-state index in [0.717, 1.165) is 19.8 Å². The number of carboxylic acid groups (broad SMARTS) is 1. The number of guanidine groups is 1. The van der Waals surface area contributed by atoms with Crippen LogP contribution in [-0.2, 0) is 9.59 Å². The minimum atomic E-state index is -1.08. The molecule has 0 aliphatic rings. The topological polar surface area (TPSA) is 159 Å². The molecule has 0 bridgehead atoms. The van der Waals surface area contributed by atoms with Crippen LogP contribution in [0.1, 0.15) is 52.4 Å². The molecule has 0 spiro atoms. The van der Waals surface area contributed by atoms with Crippen LogP contribution >= 0.6 is 0 Å². The molecule has 0 unspecified atom stereocenters. The summed E-state index contributed by atoms with van der Waals surface area (Å²) in [6, 6.07) is 0. The van der Waals surface area contributed by atoms with Gasteiger partial charge in [0.25, 0.3) is 0 Å². The fraction of sp³-hybridized carbons (Fsp3) is 0.727. The minimum absolute atomic E-state index is 0. The zero-order valence-electron chi connectivity index (χ0n) is 12.2. The molecule has 0 radical (unpaired) electrons. The van der Waals surface area contributed by atoms with E-state index in [1.807, 2.05) is 0 Å². The van der Waals surface area contributed by atoms with Gasteiger partial charge in [-0.05, 0) is 13.3 Å². The first-order valence-electron chi connectivity index (χ1n) is 5.79. The van der Waals surface area contributed by atoms with Gasteiger partial charge < -0.3 is 27.1 Å². The van der Waals surface area contributed by atoms with Crippen molar-refractivity contribution < 1.29 is 44.3 Å². The fourth-order valence-corrected chi connectivity index (χ4v) is 0.903. The molecule has 19 heavy (non-hydrogen) atoms. The summed E-state index contributed by atoms with van der Waals surface area (Å²) in [7, 11) is 0. The largest absolute Gasteiger partial charge is 1.00 e. The number of nitrogens with two attached hydrogens (primary N) is 3. The predicted molar refractivity (Wildman–Crippen MR) is 69.4 cm³/mol. The molecule has 0 rings (SSSR count). The molecule has 0 aromatic carbocycles. The van der Waals surface area contributed by atoms with Crippen molar-refractivity contribution >= 4 is 17.8 Å². The van der Waals surface area contributed by atoms with Gasteiger partial charge >= 0.3 is 29.6 Å². The molecular formula is C11H25N4NaO3. The molecular weight excluding hydrogens is 259 g/mol. The van der Waals surface area contributed by atoms with Crippen LogP contribution < -0.4 is 51.9 Å². The number of aliphatic carboxylic acids is 1. The number of unbranched alkanes of at least 4 members (excludes halogenated alkanes) is 4. The van der Waals surface area contributed by atoms with Crippen molar-refractivity contribution in [1.82, 2.24) is 0 Å². The van der Waals surface area contributed by atoms with Gasteiger partial charge in [0.15, 0.2) is 5.96 Å². The molecule has 0 saturated heterocycles. The molecule has 0 saturated carbocycles. The Morgan fingerprint density at radius 3 is 1.63 bits per heavy atom. The van der Waals surface area contributed by atoms with E-state index in [1.54, 1.807) is 0 Å². The first kappa shape index (κ1) is 26.7. The van der Waals surface area contributed by atoms with Crippen LogP contribution in [0.2, 0.25) is 0 Å². The second-order valence-corrected chi connectivity index (χ2v) is 3.58. The Morgan fingerprint density at radius 2 is 1.37 bits per heavy atom. The van der Waals surface area contributed by atoms with Crippen molar-refractivity contribution in [3.63, 3.8) is 0 Å². The average Bonchev–Trinajstić information content (AvgIpc) is 2.15. The number of rotatable bonds is 6. The summed E-state index contributed by atoms with van der Waals surface area (Å²) >= 11 is 0. The van der Waals surface area contributed by atoms with Crippen molar-refractivity contribution in [3.05, 3.63) is 0 Å². The average molecular weight is 284 g/mol. The molecule has 108 valence electrons. The number of carboxylic acids is 1. The van der Waals surface area contributed by atoms with Gasteiger partial charge in [0.05, 0.1) is 0 Å². The quantitative estimate of drug-likeness (QED) is 0.171. The van der Waals surface area contributed by atoms with E-state index in [1.165, 1.54) is 19.3 Å². The van der Waals surface area contributed by atoms with Crippen LogP contribution in [0.25, 0.3) is 0 Å². The van der Waals surface area contributed by atoms with E-state index < -0.39 is 5.97 Å². The fourth-order valence-electron chi connectivity index (χ4n) is 0.903. The summed E-state index contributed by atoms with van der Waals surface area (Å²) in [4.78, 5) is 19.1. The van der Waals surface area contributed by atoms with Gasteiger partial charge in [0.2, 0.25) is 5.91 Å². The molecule has 0 aromatic heterocycles. The van der Waals surface area contributed by atoms with Crippen molar-refractivity contribution in [3.8, 4) is 0 Å². The van der Waals surface area contributed by atoms with Crippen molar-refractivity contribution in [2.24, 2.45) is 17.2 Å². The number of primary amides is 1. The zero-order valence-corrected chi connectivity index (χ0v) is 14.2. The van der Waals surface area contributed by atoms with Gasteiger partial charge in [-0.1, -0.05) is 32.6 Å². The van der Waals surface area contributed by atoms with Gasteiger partial charge in [-0.25, -0.2) is 0 Å². The minimum Gasteiger partial charge on any atom is -0.550 e. The molecule has 7 nitrogen and oxygen atoms in total. The van der Waals surface area contributed by atoms with E-state index in [2.05, 4.69) is 18.4 Å². The first-order valence-corrected chi connectivity index (χ1v) is 5.79. The van der Waals surface area contributed by atoms with Gasteiger partial charge in [-0.3, -0.25) is 10.2 Å². The van der Waals surface area contributed by atoms with Gasteiger partial charge in [-0.15, -0.1) is 0 Å². The third kappa shape index (κ3) is 103. The number of nitrogens with one attached hydrogen (secondary N) is 1. The smallest absolute Gasteiger partial charge is 0.550 e. The molecule has 0 heterocycles. The van der Waals surface area contributed by atoms with E-state index in [9.17, 15) is 4.79 Å². The maximum atomic E-state index is 10.3. The van der Waals surface area contributed by atoms with Gasteiger partial charge in [-0.2, -0.15) is 0 Å². The molecule has 0 aliphatic carbocycles. The molecule has 0 fully saturated rings. The number of carbonyl (C=O) groups excluding carboxylic acids is 2. The maximum Gasteiger partial charge on any atom is 1.00 e. The molecule has 1 amide bonds. The molecule has 8 heteroatoms. The Hall–Kier alpha value is -0.790. The standard InChI is InChI=1S/C8H17NO.C2H4O2.CH5N3.Na/c1-2-3-4-5-6-7-8(9)10;1-2(3)4;2-1(3)4;/h2-7H2,1H3,(H2,9,10);1H3,(H,3,4);(H5,2,3,4);/q;;;+1/p-1. The Bertz CT molecular complexity index is 218. The van der Waals surface area contributed by atoms with E-state index in [-0.39, 0.29) is 41.4 Å². The van der Waals surface area contributed by atoms with Crippen LogP contribution in [0.3, 0.4) is 0 Å². The Balaban J connectivity index is -0.000000105. The number of carbonyl (C=O) groups is 2. The van der Waals surface area contributed by atoms with Crippen molar-refractivity contribution in [2.75, 3.05) is 0 Å². The first-order chi connectivity index (χ1) is 8.23. The molecule has 0 aromatic rings. The molecule has 0 atom stereocenters. The Kier molecular flexibility index (Phi) is 31.5. The van der Waals surface area contributed by atoms with Gasteiger partial charge in [0.1, 0.15) is 0 Å². The normalized spacial score (nSPS) is 7.68. The SMILES string of the molecule is CC(=O)[O-].CCCCCCCC(N)=O.N=C(N)N.[Na+]. The number of hydrogen-bond donors (Lipinski definition) is 4. The summed E-state index contributed by atoms with van der Waals surface area (Å²) in [5, 5.41) is 14.9. The summed E-state index contributed by atoms with van der Waals surface area (Å²) in [6.07, 6.45) is 6.44. The second kappa shape index (κ2) is 22.4. The molecule has 7 N–H and O–H groups in total. The van der Waals surface area contributed by atoms with Crippen LogP contribution in [-0.4, -0.2) is 17.8 Å². The van der Waals surface area contributed by atoms with E-state index in [0.29, 0.717) is 6.42 Å². The zero-order chi connectivity index (χ0) is 15.0. The monoisotopic (exact) mass is 284 g/mol. The number of hydrogen-bond acceptors (Lipinski definition) is 4. The van der Waals surface area contributed by atoms with Crippen LogP contribution in [0.5, 0.6) is 0 Å². The summed E-state index contributed by atoms with van der Waals surface area (Å²) in [5.41, 5.74) is 13.9. The summed E-state index contributed by atoms with van der Waals surface area (Å²) in [6.45, 7) is 3.15. The third-order valence-electron chi connectivity index (χ3n) is 1.53. The van der Waals surface area contributed by atoms with Crippen molar-refractivity contribution in [2.45, 2.75) is 52.4 Å². The third-order valence-corrected chi connectivity index (χ3v) is 1.53. The number of amides is 1. The van der Waals surface area contributed by atoms with E-state index in [4.69, 9.17) is 21.0 Å². The van der Waals surface area contributed by atoms with Gasteiger partial charge in [0, 0.05) is 12.4 Å². The predicted octanol–water partition coefficient (Wildman–Crippen LogP) is -3.57. The van der Waals surface area contributed by atoms with Crippen molar-refractivity contribution in [1.29, 1.82) is 5.41 Å². The maximum absolute atomic E-state index is 10.3. The van der Waals surface area contributed by atoms with Crippen LogP contribution in [0, 0.1) is 5.41 Å². The molecule has 0 aliphatic heterocycles. The summed E-state index contributed by atoms with van der Waals surface area (Å²) < 4.78 is 0. The summed E-state index contributed by atoms with van der Waals surface area (Å²) in [5.74, 6) is -1.59.